The summed E-state index contributed by atoms with van der Waals surface area (Å²) in [4.78, 5) is 36.5. The predicted molar refractivity (Wildman–Crippen MR) is 93.9 cm³/mol. The van der Waals surface area contributed by atoms with Crippen LogP contribution in [0.15, 0.2) is 36.4 Å². The van der Waals surface area contributed by atoms with Crippen molar-refractivity contribution in [1.82, 2.24) is 5.32 Å². The zero-order valence-corrected chi connectivity index (χ0v) is 13.7. The topological polar surface area (TPSA) is 75.3 Å². The molecule has 2 aromatic carbocycles. The standard InChI is InChI=1S/C20H18N2O3/c23-18-7-2-1-4-12-10-13(8-9-14(12)18)19(24)22-17-6-3-5-15-16(17)11-21-20(15)25/h3,5-6,8-10H,1-2,4,7,11H2,(H,21,25)(H,22,24). The molecule has 2 aromatic rings. The SMILES string of the molecule is O=C(Nc1cccc2c1CNC2=O)c1ccc2c(c1)CCCCC2=O. The molecular formula is C20H18N2O3. The van der Waals surface area contributed by atoms with E-state index in [0.717, 1.165) is 36.0 Å². The molecule has 2 amide bonds. The smallest absolute Gasteiger partial charge is 0.255 e. The molecule has 1 aliphatic heterocycles. The molecule has 0 fully saturated rings. The van der Waals surface area contributed by atoms with Gasteiger partial charge in [0, 0.05) is 40.9 Å². The van der Waals surface area contributed by atoms with Gasteiger partial charge in [0.25, 0.3) is 11.8 Å². The molecule has 0 atom stereocenters. The normalized spacial score (nSPS) is 15.8. The lowest BCUT2D eigenvalue weighted by molar-refractivity contribution is 0.0962. The number of aryl methyl sites for hydroxylation is 1. The molecular weight excluding hydrogens is 316 g/mol. The Morgan fingerprint density at radius 2 is 1.84 bits per heavy atom. The number of fused-ring (bicyclic) bond motifs is 2. The van der Waals surface area contributed by atoms with Crippen LogP contribution in [0.5, 0.6) is 0 Å². The van der Waals surface area contributed by atoms with Crippen molar-refractivity contribution in [2.45, 2.75) is 32.2 Å². The first kappa shape index (κ1) is 15.6. The zero-order chi connectivity index (χ0) is 17.4. The molecule has 1 heterocycles. The van der Waals surface area contributed by atoms with Crippen molar-refractivity contribution in [3.8, 4) is 0 Å². The summed E-state index contributed by atoms with van der Waals surface area (Å²) in [5.41, 5.74) is 4.28. The van der Waals surface area contributed by atoms with Gasteiger partial charge in [-0.2, -0.15) is 0 Å². The summed E-state index contributed by atoms with van der Waals surface area (Å²) >= 11 is 0. The van der Waals surface area contributed by atoms with E-state index in [4.69, 9.17) is 0 Å². The van der Waals surface area contributed by atoms with Gasteiger partial charge in [0.1, 0.15) is 0 Å². The fourth-order valence-corrected chi connectivity index (χ4v) is 3.51. The molecule has 2 N–H and O–H groups in total. The summed E-state index contributed by atoms with van der Waals surface area (Å²) in [6, 6.07) is 10.6. The number of nitrogens with one attached hydrogen (secondary N) is 2. The van der Waals surface area contributed by atoms with Gasteiger partial charge < -0.3 is 10.6 Å². The second-order valence-electron chi connectivity index (χ2n) is 6.47. The molecule has 2 aliphatic rings. The number of Topliss-reactive ketones (excluding diaryl/α,β-unsaturated/α-hetero) is 1. The molecule has 0 radical (unpaired) electrons. The maximum atomic E-state index is 12.6. The minimum absolute atomic E-state index is 0.116. The Morgan fingerprint density at radius 3 is 2.72 bits per heavy atom. The number of carbonyl (C=O) groups excluding carboxylic acids is 3. The lowest BCUT2D eigenvalue weighted by Crippen LogP contribution is -2.14. The van der Waals surface area contributed by atoms with Gasteiger partial charge in [-0.15, -0.1) is 0 Å². The number of benzene rings is 2. The monoisotopic (exact) mass is 334 g/mol. The van der Waals surface area contributed by atoms with Crippen molar-refractivity contribution in [3.63, 3.8) is 0 Å². The summed E-state index contributed by atoms with van der Waals surface area (Å²) in [5, 5.41) is 5.66. The quantitative estimate of drug-likeness (QED) is 0.829. The third kappa shape index (κ3) is 2.82. The molecule has 0 bridgehead atoms. The molecule has 0 aromatic heterocycles. The summed E-state index contributed by atoms with van der Waals surface area (Å²) in [7, 11) is 0. The highest BCUT2D eigenvalue weighted by atomic mass is 16.2. The minimum Gasteiger partial charge on any atom is -0.348 e. The number of amides is 2. The fourth-order valence-electron chi connectivity index (χ4n) is 3.51. The van der Waals surface area contributed by atoms with Crippen LogP contribution in [0.25, 0.3) is 0 Å². The van der Waals surface area contributed by atoms with E-state index >= 15 is 0 Å². The average Bonchev–Trinajstić information content (AvgIpc) is 2.90. The Bertz CT molecular complexity index is 902. The highest BCUT2D eigenvalue weighted by Gasteiger charge is 2.23. The number of hydrogen-bond acceptors (Lipinski definition) is 3. The lowest BCUT2D eigenvalue weighted by atomic mass is 9.99. The van der Waals surface area contributed by atoms with Crippen LogP contribution < -0.4 is 10.6 Å². The van der Waals surface area contributed by atoms with E-state index in [2.05, 4.69) is 10.6 Å². The molecule has 5 heteroatoms. The van der Waals surface area contributed by atoms with E-state index in [1.807, 2.05) is 6.07 Å². The second-order valence-corrected chi connectivity index (χ2v) is 6.47. The van der Waals surface area contributed by atoms with Crippen molar-refractivity contribution < 1.29 is 14.4 Å². The molecule has 0 unspecified atom stereocenters. The number of anilines is 1. The van der Waals surface area contributed by atoms with Crippen LogP contribution in [0, 0.1) is 0 Å². The van der Waals surface area contributed by atoms with Crippen molar-refractivity contribution >= 4 is 23.3 Å². The van der Waals surface area contributed by atoms with Gasteiger partial charge in [-0.05, 0) is 49.1 Å². The number of ketones is 1. The summed E-state index contributed by atoms with van der Waals surface area (Å²) < 4.78 is 0. The Morgan fingerprint density at radius 1 is 1.00 bits per heavy atom. The Balaban J connectivity index is 1.62. The Kier molecular flexibility index (Phi) is 3.84. The van der Waals surface area contributed by atoms with E-state index < -0.39 is 0 Å². The van der Waals surface area contributed by atoms with Crippen LogP contribution in [-0.4, -0.2) is 17.6 Å². The van der Waals surface area contributed by atoms with Crippen LogP contribution >= 0.6 is 0 Å². The molecule has 1 aliphatic carbocycles. The summed E-state index contributed by atoms with van der Waals surface area (Å²) in [6.45, 7) is 0.420. The maximum absolute atomic E-state index is 12.6. The molecule has 25 heavy (non-hydrogen) atoms. The predicted octanol–water partition coefficient (Wildman–Crippen LogP) is 3.09. The van der Waals surface area contributed by atoms with Crippen LogP contribution in [0.3, 0.4) is 0 Å². The number of rotatable bonds is 2. The van der Waals surface area contributed by atoms with Gasteiger partial charge in [-0.1, -0.05) is 12.1 Å². The first-order chi connectivity index (χ1) is 12.1. The van der Waals surface area contributed by atoms with Gasteiger partial charge in [-0.3, -0.25) is 14.4 Å². The van der Waals surface area contributed by atoms with Gasteiger partial charge >= 0.3 is 0 Å². The Hall–Kier alpha value is -2.95. The Labute approximate surface area is 145 Å². The van der Waals surface area contributed by atoms with E-state index in [0.29, 0.717) is 29.8 Å². The van der Waals surface area contributed by atoms with Crippen molar-refractivity contribution in [2.75, 3.05) is 5.32 Å². The summed E-state index contributed by atoms with van der Waals surface area (Å²) in [6.07, 6.45) is 3.26. The average molecular weight is 334 g/mol. The fraction of sp³-hybridized carbons (Fsp3) is 0.250. The third-order valence-corrected chi connectivity index (χ3v) is 4.86. The molecule has 126 valence electrons. The highest BCUT2D eigenvalue weighted by Crippen LogP contribution is 2.26. The van der Waals surface area contributed by atoms with Crippen molar-refractivity contribution in [1.29, 1.82) is 0 Å². The van der Waals surface area contributed by atoms with E-state index in [-0.39, 0.29) is 17.6 Å². The van der Waals surface area contributed by atoms with Gasteiger partial charge in [0.05, 0.1) is 0 Å². The van der Waals surface area contributed by atoms with Crippen LogP contribution in [-0.2, 0) is 13.0 Å². The highest BCUT2D eigenvalue weighted by molar-refractivity contribution is 6.08. The molecule has 4 rings (SSSR count). The first-order valence-electron chi connectivity index (χ1n) is 8.51. The molecule has 5 nitrogen and oxygen atoms in total. The minimum atomic E-state index is -0.229. The number of carbonyl (C=O) groups is 3. The van der Waals surface area contributed by atoms with E-state index in [1.54, 1.807) is 30.3 Å². The molecule has 0 saturated heterocycles. The van der Waals surface area contributed by atoms with Crippen molar-refractivity contribution in [2.24, 2.45) is 0 Å². The van der Waals surface area contributed by atoms with E-state index in [1.165, 1.54) is 0 Å². The van der Waals surface area contributed by atoms with Crippen LogP contribution in [0.1, 0.15) is 61.5 Å². The van der Waals surface area contributed by atoms with E-state index in [9.17, 15) is 14.4 Å². The number of hydrogen-bond donors (Lipinski definition) is 2. The van der Waals surface area contributed by atoms with Gasteiger partial charge in [0.15, 0.2) is 5.78 Å². The molecule has 0 saturated carbocycles. The van der Waals surface area contributed by atoms with Gasteiger partial charge in [-0.25, -0.2) is 0 Å². The second kappa shape index (κ2) is 6.16. The lowest BCUT2D eigenvalue weighted by Gasteiger charge is -2.11. The maximum Gasteiger partial charge on any atom is 0.255 e. The largest absolute Gasteiger partial charge is 0.348 e. The van der Waals surface area contributed by atoms with Crippen LogP contribution in [0.4, 0.5) is 5.69 Å². The summed E-state index contributed by atoms with van der Waals surface area (Å²) in [5.74, 6) is -0.188. The van der Waals surface area contributed by atoms with Crippen LogP contribution in [0.2, 0.25) is 0 Å². The van der Waals surface area contributed by atoms with Crippen molar-refractivity contribution in [3.05, 3.63) is 64.2 Å². The zero-order valence-electron chi connectivity index (χ0n) is 13.7. The molecule has 0 spiro atoms. The van der Waals surface area contributed by atoms with Gasteiger partial charge in [0.2, 0.25) is 0 Å². The third-order valence-electron chi connectivity index (χ3n) is 4.86. The first-order valence-corrected chi connectivity index (χ1v) is 8.51.